The van der Waals surface area contributed by atoms with Crippen molar-refractivity contribution in [2.45, 2.75) is 33.8 Å². The number of rotatable bonds is 8. The maximum atomic E-state index is 6.07. The van der Waals surface area contributed by atoms with Crippen molar-refractivity contribution in [2.75, 3.05) is 30.8 Å². The average Bonchev–Trinajstić information content (AvgIpc) is 2.32. The fourth-order valence-electron chi connectivity index (χ4n) is 1.63. The van der Waals surface area contributed by atoms with Crippen LogP contribution in [0.5, 0.6) is 5.75 Å². The molecule has 0 fully saturated rings. The van der Waals surface area contributed by atoms with Gasteiger partial charge in [0, 0.05) is 13.2 Å². The van der Waals surface area contributed by atoms with Crippen molar-refractivity contribution in [1.29, 1.82) is 0 Å². The number of nitrogens with two attached hydrogens (primary N) is 1. The number of anilines is 2. The van der Waals surface area contributed by atoms with E-state index in [0.717, 1.165) is 24.6 Å². The fourth-order valence-corrected chi connectivity index (χ4v) is 1.63. The lowest BCUT2D eigenvalue weighted by molar-refractivity contribution is 0.118. The molecule has 19 heavy (non-hydrogen) atoms. The van der Waals surface area contributed by atoms with E-state index in [9.17, 15) is 0 Å². The average molecular weight is 266 g/mol. The highest BCUT2D eigenvalue weighted by Gasteiger charge is 2.07. The van der Waals surface area contributed by atoms with E-state index in [0.29, 0.717) is 18.2 Å². The highest BCUT2D eigenvalue weighted by molar-refractivity contribution is 5.72. The lowest BCUT2D eigenvalue weighted by Gasteiger charge is -2.16. The first-order valence-electron chi connectivity index (χ1n) is 6.87. The lowest BCUT2D eigenvalue weighted by Crippen LogP contribution is -2.14. The number of nitrogen functional groups attached to an aromatic ring is 1. The second kappa shape index (κ2) is 7.89. The minimum Gasteiger partial charge on any atom is -0.489 e. The summed E-state index contributed by atoms with van der Waals surface area (Å²) in [5.74, 6) is 1.29. The van der Waals surface area contributed by atoms with Crippen LogP contribution in [0.1, 0.15) is 27.7 Å². The SMILES string of the molecule is CC(C)COCCNc1cccc(OC(C)C)c1N. The Morgan fingerprint density at radius 2 is 1.95 bits per heavy atom. The number of hydrogen-bond donors (Lipinski definition) is 2. The van der Waals surface area contributed by atoms with E-state index in [4.69, 9.17) is 15.2 Å². The Bertz CT molecular complexity index is 378. The molecule has 0 bridgehead atoms. The summed E-state index contributed by atoms with van der Waals surface area (Å²) in [4.78, 5) is 0. The Labute approximate surface area is 116 Å². The van der Waals surface area contributed by atoms with Crippen LogP contribution in [-0.2, 0) is 4.74 Å². The van der Waals surface area contributed by atoms with Crippen molar-refractivity contribution >= 4 is 11.4 Å². The Balaban J connectivity index is 2.45. The first-order valence-corrected chi connectivity index (χ1v) is 6.87. The van der Waals surface area contributed by atoms with Gasteiger partial charge < -0.3 is 20.5 Å². The molecule has 0 spiro atoms. The van der Waals surface area contributed by atoms with Crippen LogP contribution in [0.4, 0.5) is 11.4 Å². The van der Waals surface area contributed by atoms with Crippen LogP contribution in [-0.4, -0.2) is 25.9 Å². The molecule has 0 radical (unpaired) electrons. The number of nitrogens with one attached hydrogen (secondary N) is 1. The summed E-state index contributed by atoms with van der Waals surface area (Å²) in [6, 6.07) is 5.77. The Hall–Kier alpha value is -1.42. The van der Waals surface area contributed by atoms with Crippen molar-refractivity contribution in [3.8, 4) is 5.75 Å². The molecule has 1 aromatic rings. The summed E-state index contributed by atoms with van der Waals surface area (Å²) in [7, 11) is 0. The summed E-state index contributed by atoms with van der Waals surface area (Å²) in [6.45, 7) is 10.4. The monoisotopic (exact) mass is 266 g/mol. The predicted octanol–water partition coefficient (Wildman–Crippen LogP) is 3.14. The third kappa shape index (κ3) is 5.83. The number of ether oxygens (including phenoxy) is 2. The van der Waals surface area contributed by atoms with Gasteiger partial charge in [-0.1, -0.05) is 19.9 Å². The molecule has 0 saturated carbocycles. The molecule has 4 heteroatoms. The van der Waals surface area contributed by atoms with Crippen LogP contribution in [0, 0.1) is 5.92 Å². The van der Waals surface area contributed by atoms with Crippen LogP contribution in [0.25, 0.3) is 0 Å². The molecule has 0 amide bonds. The molecule has 1 rings (SSSR count). The van der Waals surface area contributed by atoms with Gasteiger partial charge in [0.15, 0.2) is 0 Å². The van der Waals surface area contributed by atoms with E-state index in [1.165, 1.54) is 0 Å². The van der Waals surface area contributed by atoms with E-state index in [1.54, 1.807) is 0 Å². The molecule has 108 valence electrons. The third-order valence-corrected chi connectivity index (χ3v) is 2.44. The first-order chi connectivity index (χ1) is 9.00. The Kier molecular flexibility index (Phi) is 6.50. The van der Waals surface area contributed by atoms with Gasteiger partial charge in [0.25, 0.3) is 0 Å². The number of para-hydroxylation sites is 1. The largest absolute Gasteiger partial charge is 0.489 e. The molecule has 0 aliphatic carbocycles. The zero-order chi connectivity index (χ0) is 14.3. The maximum absolute atomic E-state index is 6.07. The molecule has 0 heterocycles. The topological polar surface area (TPSA) is 56.5 Å². The molecule has 0 aliphatic rings. The summed E-state index contributed by atoms with van der Waals surface area (Å²) >= 11 is 0. The van der Waals surface area contributed by atoms with Crippen molar-refractivity contribution in [2.24, 2.45) is 5.92 Å². The summed E-state index contributed by atoms with van der Waals surface area (Å²) in [5, 5.41) is 3.27. The molecule has 0 saturated heterocycles. The van der Waals surface area contributed by atoms with Crippen LogP contribution in [0.15, 0.2) is 18.2 Å². The zero-order valence-corrected chi connectivity index (χ0v) is 12.4. The van der Waals surface area contributed by atoms with E-state index < -0.39 is 0 Å². The molecular formula is C15H26N2O2. The smallest absolute Gasteiger partial charge is 0.144 e. The first kappa shape index (κ1) is 15.6. The number of hydrogen-bond acceptors (Lipinski definition) is 4. The van der Waals surface area contributed by atoms with E-state index in [1.807, 2.05) is 32.0 Å². The fraction of sp³-hybridized carbons (Fsp3) is 0.600. The maximum Gasteiger partial charge on any atom is 0.144 e. The van der Waals surface area contributed by atoms with Crippen LogP contribution >= 0.6 is 0 Å². The Morgan fingerprint density at radius 1 is 1.21 bits per heavy atom. The molecular weight excluding hydrogens is 240 g/mol. The van der Waals surface area contributed by atoms with Gasteiger partial charge in [0.1, 0.15) is 5.75 Å². The quantitative estimate of drug-likeness (QED) is 0.560. The van der Waals surface area contributed by atoms with E-state index in [2.05, 4.69) is 19.2 Å². The van der Waals surface area contributed by atoms with Crippen molar-refractivity contribution < 1.29 is 9.47 Å². The molecule has 1 aromatic carbocycles. The molecule has 0 unspecified atom stereocenters. The van der Waals surface area contributed by atoms with Gasteiger partial charge in [-0.15, -0.1) is 0 Å². The molecule has 0 aliphatic heterocycles. The zero-order valence-electron chi connectivity index (χ0n) is 12.4. The Morgan fingerprint density at radius 3 is 2.58 bits per heavy atom. The summed E-state index contributed by atoms with van der Waals surface area (Å²) in [6.07, 6.45) is 0.118. The highest BCUT2D eigenvalue weighted by atomic mass is 16.5. The number of benzene rings is 1. The summed E-state index contributed by atoms with van der Waals surface area (Å²) in [5.41, 5.74) is 7.61. The van der Waals surface area contributed by atoms with Crippen LogP contribution in [0.2, 0.25) is 0 Å². The molecule has 4 nitrogen and oxygen atoms in total. The van der Waals surface area contributed by atoms with Crippen molar-refractivity contribution in [3.63, 3.8) is 0 Å². The van der Waals surface area contributed by atoms with Gasteiger partial charge in [-0.2, -0.15) is 0 Å². The lowest BCUT2D eigenvalue weighted by atomic mass is 10.2. The summed E-state index contributed by atoms with van der Waals surface area (Å²) < 4.78 is 11.2. The van der Waals surface area contributed by atoms with Crippen molar-refractivity contribution in [1.82, 2.24) is 0 Å². The van der Waals surface area contributed by atoms with Gasteiger partial charge >= 0.3 is 0 Å². The van der Waals surface area contributed by atoms with Gasteiger partial charge in [0.05, 0.1) is 24.1 Å². The molecule has 0 atom stereocenters. The van der Waals surface area contributed by atoms with Gasteiger partial charge in [-0.05, 0) is 31.9 Å². The third-order valence-electron chi connectivity index (χ3n) is 2.44. The minimum absolute atomic E-state index is 0.118. The van der Waals surface area contributed by atoms with Crippen molar-refractivity contribution in [3.05, 3.63) is 18.2 Å². The van der Waals surface area contributed by atoms with E-state index in [-0.39, 0.29) is 6.10 Å². The van der Waals surface area contributed by atoms with E-state index >= 15 is 0 Å². The second-order valence-corrected chi connectivity index (χ2v) is 5.28. The standard InChI is InChI=1S/C15H26N2O2/c1-11(2)10-18-9-8-17-13-6-5-7-14(15(13)16)19-12(3)4/h5-7,11-12,17H,8-10,16H2,1-4H3. The highest BCUT2D eigenvalue weighted by Crippen LogP contribution is 2.29. The predicted molar refractivity (Wildman–Crippen MR) is 80.8 cm³/mol. The van der Waals surface area contributed by atoms with Crippen LogP contribution < -0.4 is 15.8 Å². The normalized spacial score (nSPS) is 11.1. The molecule has 0 aromatic heterocycles. The minimum atomic E-state index is 0.118. The van der Waals surface area contributed by atoms with Gasteiger partial charge in [0.2, 0.25) is 0 Å². The molecule has 3 N–H and O–H groups in total. The van der Waals surface area contributed by atoms with Gasteiger partial charge in [-0.3, -0.25) is 0 Å². The second-order valence-electron chi connectivity index (χ2n) is 5.28. The van der Waals surface area contributed by atoms with Crippen LogP contribution in [0.3, 0.4) is 0 Å². The van der Waals surface area contributed by atoms with Gasteiger partial charge in [-0.25, -0.2) is 0 Å².